The van der Waals surface area contributed by atoms with Crippen molar-refractivity contribution in [2.45, 2.75) is 32.6 Å². The minimum absolute atomic E-state index is 0.137. The first kappa shape index (κ1) is 26.6. The number of carbonyl (C=O) groups excluding carboxylic acids is 1. The monoisotopic (exact) mass is 548 g/mol. The van der Waals surface area contributed by atoms with Crippen molar-refractivity contribution in [1.29, 1.82) is 0 Å². The van der Waals surface area contributed by atoms with Gasteiger partial charge in [-0.3, -0.25) is 4.79 Å². The Labute approximate surface area is 239 Å². The summed E-state index contributed by atoms with van der Waals surface area (Å²) in [5.74, 6) is 1.26. The third kappa shape index (κ3) is 5.42. The van der Waals surface area contributed by atoms with Gasteiger partial charge in [-0.05, 0) is 48.7 Å². The number of aromatic nitrogens is 4. The smallest absolute Gasteiger partial charge is 0.230 e. The topological polar surface area (TPSA) is 67.2 Å². The Hall–Kier alpha value is -4.59. The number of aryl methyl sites for hydroxylation is 1. The maximum atomic E-state index is 13.7. The van der Waals surface area contributed by atoms with E-state index in [1.54, 1.807) is 16.8 Å². The molecule has 6 rings (SSSR count). The summed E-state index contributed by atoms with van der Waals surface area (Å²) in [6, 6.07) is 26.5. The Morgan fingerprint density at radius 1 is 0.878 bits per heavy atom. The first-order valence-corrected chi connectivity index (χ1v) is 14.2. The lowest BCUT2D eigenvalue weighted by atomic mass is 9.95. The Morgan fingerprint density at radius 2 is 1.54 bits per heavy atom. The number of carbonyl (C=O) groups is 1. The first-order valence-electron chi connectivity index (χ1n) is 14.2. The maximum absolute atomic E-state index is 13.7. The number of rotatable bonds is 7. The molecule has 1 amide bonds. The summed E-state index contributed by atoms with van der Waals surface area (Å²) in [5.41, 5.74) is 4.42. The summed E-state index contributed by atoms with van der Waals surface area (Å²) >= 11 is 0. The van der Waals surface area contributed by atoms with Crippen LogP contribution in [0.2, 0.25) is 0 Å². The van der Waals surface area contributed by atoms with Gasteiger partial charge in [-0.15, -0.1) is 0 Å². The molecule has 0 aliphatic carbocycles. The number of anilines is 1. The number of hydrogen-bond donors (Lipinski definition) is 0. The second-order valence-electron chi connectivity index (χ2n) is 10.5. The van der Waals surface area contributed by atoms with Crippen molar-refractivity contribution in [2.24, 2.45) is 0 Å². The molecule has 0 radical (unpaired) electrons. The molecule has 8 heteroatoms. The molecule has 3 aromatic carbocycles. The fourth-order valence-corrected chi connectivity index (χ4v) is 5.65. The van der Waals surface area contributed by atoms with E-state index in [9.17, 15) is 9.18 Å². The highest BCUT2D eigenvalue weighted by Crippen LogP contribution is 2.31. The minimum Gasteiger partial charge on any atom is -0.352 e. The van der Waals surface area contributed by atoms with Crippen LogP contribution in [0.1, 0.15) is 41.9 Å². The van der Waals surface area contributed by atoms with Gasteiger partial charge in [0.2, 0.25) is 5.91 Å². The van der Waals surface area contributed by atoms with Crippen LogP contribution in [0.4, 0.5) is 10.2 Å². The van der Waals surface area contributed by atoms with Crippen LogP contribution in [0.25, 0.3) is 16.7 Å². The summed E-state index contributed by atoms with van der Waals surface area (Å²) in [5, 5.41) is 5.68. The third-order valence-corrected chi connectivity index (χ3v) is 7.80. The zero-order chi connectivity index (χ0) is 28.3. The molecule has 208 valence electrons. The Bertz CT molecular complexity index is 1640. The molecule has 7 nitrogen and oxygen atoms in total. The van der Waals surface area contributed by atoms with E-state index in [2.05, 4.69) is 24.0 Å². The van der Waals surface area contributed by atoms with Crippen LogP contribution in [-0.2, 0) is 11.2 Å². The molecule has 1 aliphatic heterocycles. The van der Waals surface area contributed by atoms with Gasteiger partial charge in [-0.25, -0.2) is 19.0 Å². The SMILES string of the molecule is CCC(C(=O)N1CCN(c2nc(Cc3ccccc3)nc3c2c(C)nn3-c2ccc(F)cc2)CC1)c1ccccc1. The summed E-state index contributed by atoms with van der Waals surface area (Å²) in [4.78, 5) is 27.8. The summed E-state index contributed by atoms with van der Waals surface area (Å²) in [7, 11) is 0. The molecule has 1 fully saturated rings. The Morgan fingerprint density at radius 3 is 2.20 bits per heavy atom. The number of benzene rings is 3. The highest BCUT2D eigenvalue weighted by molar-refractivity contribution is 5.91. The largest absolute Gasteiger partial charge is 0.352 e. The van der Waals surface area contributed by atoms with Crippen LogP contribution in [-0.4, -0.2) is 56.7 Å². The molecule has 1 atom stereocenters. The van der Waals surface area contributed by atoms with Gasteiger partial charge in [0.05, 0.1) is 22.7 Å². The van der Waals surface area contributed by atoms with Crippen molar-refractivity contribution >= 4 is 22.8 Å². The van der Waals surface area contributed by atoms with E-state index in [-0.39, 0.29) is 17.6 Å². The van der Waals surface area contributed by atoms with Crippen LogP contribution >= 0.6 is 0 Å². The molecular weight excluding hydrogens is 515 g/mol. The molecule has 41 heavy (non-hydrogen) atoms. The number of amides is 1. The van der Waals surface area contributed by atoms with E-state index < -0.39 is 0 Å². The second-order valence-corrected chi connectivity index (χ2v) is 10.5. The lowest BCUT2D eigenvalue weighted by molar-refractivity contribution is -0.133. The molecule has 0 N–H and O–H groups in total. The van der Waals surface area contributed by atoms with Crippen LogP contribution in [0, 0.1) is 12.7 Å². The average molecular weight is 549 g/mol. The molecule has 5 aromatic rings. The van der Waals surface area contributed by atoms with Gasteiger partial charge < -0.3 is 9.80 Å². The van der Waals surface area contributed by atoms with Gasteiger partial charge in [0.15, 0.2) is 5.65 Å². The molecule has 1 saturated heterocycles. The highest BCUT2D eigenvalue weighted by Gasteiger charge is 2.30. The molecular formula is C33H33FN6O. The van der Waals surface area contributed by atoms with Crippen molar-refractivity contribution in [1.82, 2.24) is 24.6 Å². The summed E-state index contributed by atoms with van der Waals surface area (Å²) in [6.45, 7) is 6.58. The molecule has 0 saturated carbocycles. The van der Waals surface area contributed by atoms with E-state index in [0.29, 0.717) is 44.1 Å². The predicted molar refractivity (Wildman–Crippen MR) is 159 cm³/mol. The van der Waals surface area contributed by atoms with Gasteiger partial charge in [0.1, 0.15) is 17.5 Å². The lowest BCUT2D eigenvalue weighted by Crippen LogP contribution is -2.50. The van der Waals surface area contributed by atoms with Gasteiger partial charge in [-0.1, -0.05) is 67.6 Å². The number of nitrogens with zero attached hydrogens (tertiary/aromatic N) is 6. The van der Waals surface area contributed by atoms with E-state index in [4.69, 9.17) is 15.1 Å². The quantitative estimate of drug-likeness (QED) is 0.261. The number of piperazine rings is 1. The molecule has 1 aliphatic rings. The van der Waals surface area contributed by atoms with Gasteiger partial charge in [0, 0.05) is 32.6 Å². The summed E-state index contributed by atoms with van der Waals surface area (Å²) < 4.78 is 15.5. The van der Waals surface area contributed by atoms with Gasteiger partial charge >= 0.3 is 0 Å². The molecule has 2 aromatic heterocycles. The second kappa shape index (κ2) is 11.5. The fraction of sp³-hybridized carbons (Fsp3) is 0.273. The summed E-state index contributed by atoms with van der Waals surface area (Å²) in [6.07, 6.45) is 1.34. The van der Waals surface area contributed by atoms with Gasteiger partial charge in [0.25, 0.3) is 0 Å². The van der Waals surface area contributed by atoms with Crippen molar-refractivity contribution in [2.75, 3.05) is 31.1 Å². The average Bonchev–Trinajstić information content (AvgIpc) is 3.34. The van der Waals surface area contributed by atoms with E-state index in [1.807, 2.05) is 60.4 Å². The van der Waals surface area contributed by atoms with Gasteiger partial charge in [-0.2, -0.15) is 5.10 Å². The van der Waals surface area contributed by atoms with Crippen molar-refractivity contribution in [3.8, 4) is 5.69 Å². The zero-order valence-corrected chi connectivity index (χ0v) is 23.4. The molecule has 1 unspecified atom stereocenters. The number of halogens is 1. The van der Waals surface area contributed by atoms with Crippen LogP contribution < -0.4 is 4.90 Å². The molecule has 3 heterocycles. The Kier molecular flexibility index (Phi) is 7.46. The van der Waals surface area contributed by atoms with Crippen LogP contribution in [0.3, 0.4) is 0 Å². The Balaban J connectivity index is 1.33. The number of hydrogen-bond acceptors (Lipinski definition) is 5. The third-order valence-electron chi connectivity index (χ3n) is 7.80. The van der Waals surface area contributed by atoms with E-state index in [1.165, 1.54) is 12.1 Å². The highest BCUT2D eigenvalue weighted by atomic mass is 19.1. The first-order chi connectivity index (χ1) is 20.0. The van der Waals surface area contributed by atoms with E-state index in [0.717, 1.165) is 40.1 Å². The molecule has 0 bridgehead atoms. The van der Waals surface area contributed by atoms with Crippen LogP contribution in [0.15, 0.2) is 84.9 Å². The zero-order valence-electron chi connectivity index (χ0n) is 23.4. The van der Waals surface area contributed by atoms with E-state index >= 15 is 0 Å². The standard InChI is InChI=1S/C33H33FN6O/c1-3-28(25-12-8-5-9-13-25)33(41)39-20-18-38(19-21-39)31-30-23(2)37-40(27-16-14-26(34)15-17-27)32(30)36-29(35-31)22-24-10-6-4-7-11-24/h4-17,28H,3,18-22H2,1-2H3. The lowest BCUT2D eigenvalue weighted by Gasteiger charge is -2.37. The van der Waals surface area contributed by atoms with Crippen LogP contribution in [0.5, 0.6) is 0 Å². The van der Waals surface area contributed by atoms with Crippen molar-refractivity contribution in [3.05, 3.63) is 113 Å². The normalized spacial score (nSPS) is 14.4. The predicted octanol–water partition coefficient (Wildman–Crippen LogP) is 5.70. The molecule has 0 spiro atoms. The number of fused-ring (bicyclic) bond motifs is 1. The minimum atomic E-state index is -0.299. The fourth-order valence-electron chi connectivity index (χ4n) is 5.65. The maximum Gasteiger partial charge on any atom is 0.230 e. The van der Waals surface area contributed by atoms with Crippen molar-refractivity contribution < 1.29 is 9.18 Å². The van der Waals surface area contributed by atoms with Crippen molar-refractivity contribution in [3.63, 3.8) is 0 Å².